The van der Waals surface area contributed by atoms with Gasteiger partial charge in [0.2, 0.25) is 5.91 Å². The van der Waals surface area contributed by atoms with Gasteiger partial charge in [0.05, 0.1) is 12.2 Å². The number of nitrogens with zero attached hydrogens (tertiary/aromatic N) is 5. The van der Waals surface area contributed by atoms with Gasteiger partial charge in [-0.25, -0.2) is 4.98 Å². The summed E-state index contributed by atoms with van der Waals surface area (Å²) in [6, 6.07) is 1.91. The highest BCUT2D eigenvalue weighted by Crippen LogP contribution is 2.21. The van der Waals surface area contributed by atoms with Crippen molar-refractivity contribution in [1.82, 2.24) is 25.0 Å². The van der Waals surface area contributed by atoms with Crippen LogP contribution in [0.1, 0.15) is 12.1 Å². The minimum Gasteiger partial charge on any atom is -0.355 e. The Kier molecular flexibility index (Phi) is 5.81. The lowest BCUT2D eigenvalue weighted by molar-refractivity contribution is -0.122. The van der Waals surface area contributed by atoms with Crippen LogP contribution >= 0.6 is 11.3 Å². The molecular formula is C16H24N6OS. The van der Waals surface area contributed by atoms with Crippen molar-refractivity contribution in [2.24, 2.45) is 0 Å². The Balaban J connectivity index is 1.31. The molecule has 0 spiro atoms. The van der Waals surface area contributed by atoms with Crippen LogP contribution in [0.3, 0.4) is 0 Å². The van der Waals surface area contributed by atoms with Gasteiger partial charge in [0, 0.05) is 57.0 Å². The fourth-order valence-electron chi connectivity index (χ4n) is 2.74. The third kappa shape index (κ3) is 4.78. The molecule has 0 aromatic carbocycles. The normalized spacial score (nSPS) is 15.6. The standard InChI is InChI=1S/C16H24N6OS/c1-14-13-24-16(19-14)21-10-8-20(9-11-21)12-15(23)17-4-2-6-22-7-3-5-18-22/h3,5,7,13H,2,4,6,8-12H2,1H3,(H,17,23). The topological polar surface area (TPSA) is 66.3 Å². The van der Waals surface area contributed by atoms with Crippen molar-refractivity contribution in [1.29, 1.82) is 0 Å². The van der Waals surface area contributed by atoms with Crippen molar-refractivity contribution in [3.63, 3.8) is 0 Å². The molecule has 1 fully saturated rings. The van der Waals surface area contributed by atoms with Crippen LogP contribution in [0.5, 0.6) is 0 Å². The number of carbonyl (C=O) groups excluding carboxylic acids is 1. The Morgan fingerprint density at radius 2 is 2.17 bits per heavy atom. The zero-order valence-corrected chi connectivity index (χ0v) is 14.8. The molecule has 8 heteroatoms. The molecular weight excluding hydrogens is 324 g/mol. The second kappa shape index (κ2) is 8.25. The molecule has 3 rings (SSSR count). The number of amides is 1. The zero-order chi connectivity index (χ0) is 16.8. The van der Waals surface area contributed by atoms with E-state index >= 15 is 0 Å². The van der Waals surface area contributed by atoms with Crippen molar-refractivity contribution in [2.45, 2.75) is 19.9 Å². The van der Waals surface area contributed by atoms with E-state index in [1.807, 2.05) is 23.9 Å². The monoisotopic (exact) mass is 348 g/mol. The first kappa shape index (κ1) is 16.9. The first-order valence-electron chi connectivity index (χ1n) is 8.34. The predicted octanol–water partition coefficient (Wildman–Crippen LogP) is 0.977. The molecule has 1 N–H and O–H groups in total. The van der Waals surface area contributed by atoms with Gasteiger partial charge in [0.25, 0.3) is 0 Å². The molecule has 0 radical (unpaired) electrons. The molecule has 2 aromatic heterocycles. The van der Waals surface area contributed by atoms with Crippen molar-refractivity contribution >= 4 is 22.4 Å². The van der Waals surface area contributed by atoms with E-state index in [4.69, 9.17) is 0 Å². The maximum atomic E-state index is 12.0. The van der Waals surface area contributed by atoms with Crippen LogP contribution in [-0.2, 0) is 11.3 Å². The van der Waals surface area contributed by atoms with Crippen LogP contribution in [0.4, 0.5) is 5.13 Å². The van der Waals surface area contributed by atoms with Crippen LogP contribution in [-0.4, -0.2) is 64.8 Å². The Labute approximate surface area is 146 Å². The van der Waals surface area contributed by atoms with Crippen LogP contribution in [0, 0.1) is 6.92 Å². The van der Waals surface area contributed by atoms with Crippen LogP contribution in [0.15, 0.2) is 23.8 Å². The number of piperazine rings is 1. The fourth-order valence-corrected chi connectivity index (χ4v) is 3.60. The third-order valence-electron chi connectivity index (χ3n) is 4.06. The van der Waals surface area contributed by atoms with E-state index < -0.39 is 0 Å². The second-order valence-electron chi connectivity index (χ2n) is 6.01. The summed E-state index contributed by atoms with van der Waals surface area (Å²) in [4.78, 5) is 21.1. The minimum atomic E-state index is 0.106. The molecule has 0 saturated carbocycles. The average Bonchev–Trinajstić information content (AvgIpc) is 3.24. The molecule has 2 aromatic rings. The van der Waals surface area contributed by atoms with Gasteiger partial charge in [-0.1, -0.05) is 0 Å². The fraction of sp³-hybridized carbons (Fsp3) is 0.562. The summed E-state index contributed by atoms with van der Waals surface area (Å²) in [5.74, 6) is 0.106. The van der Waals surface area contributed by atoms with Gasteiger partial charge < -0.3 is 10.2 Å². The summed E-state index contributed by atoms with van der Waals surface area (Å²) in [6.45, 7) is 7.69. The maximum absolute atomic E-state index is 12.0. The molecule has 1 aliphatic rings. The molecule has 3 heterocycles. The second-order valence-corrected chi connectivity index (χ2v) is 6.84. The number of hydrogen-bond donors (Lipinski definition) is 1. The summed E-state index contributed by atoms with van der Waals surface area (Å²) < 4.78 is 1.88. The van der Waals surface area contributed by atoms with Gasteiger partial charge >= 0.3 is 0 Å². The van der Waals surface area contributed by atoms with Crippen molar-refractivity contribution in [3.05, 3.63) is 29.5 Å². The van der Waals surface area contributed by atoms with Gasteiger partial charge in [-0.3, -0.25) is 14.4 Å². The molecule has 130 valence electrons. The molecule has 0 aliphatic carbocycles. The van der Waals surface area contributed by atoms with E-state index in [9.17, 15) is 4.79 Å². The van der Waals surface area contributed by atoms with E-state index in [1.54, 1.807) is 17.5 Å². The lowest BCUT2D eigenvalue weighted by atomic mass is 10.3. The molecule has 1 amide bonds. The Bertz CT molecular complexity index is 633. The van der Waals surface area contributed by atoms with Crippen LogP contribution in [0.25, 0.3) is 0 Å². The maximum Gasteiger partial charge on any atom is 0.234 e. The number of carbonyl (C=O) groups is 1. The van der Waals surface area contributed by atoms with E-state index in [1.165, 1.54) is 0 Å². The van der Waals surface area contributed by atoms with E-state index in [-0.39, 0.29) is 5.91 Å². The predicted molar refractivity (Wildman–Crippen MR) is 95.4 cm³/mol. The first-order chi connectivity index (χ1) is 11.7. The highest BCUT2D eigenvalue weighted by atomic mass is 32.1. The molecule has 24 heavy (non-hydrogen) atoms. The highest BCUT2D eigenvalue weighted by Gasteiger charge is 2.20. The Morgan fingerprint density at radius 3 is 2.83 bits per heavy atom. The summed E-state index contributed by atoms with van der Waals surface area (Å²) in [5.41, 5.74) is 1.08. The summed E-state index contributed by atoms with van der Waals surface area (Å²) in [5, 5.41) is 10.3. The molecule has 0 bridgehead atoms. The quantitative estimate of drug-likeness (QED) is 0.756. The van der Waals surface area contributed by atoms with Gasteiger partial charge in [0.1, 0.15) is 0 Å². The van der Waals surface area contributed by atoms with Gasteiger partial charge in [-0.15, -0.1) is 11.3 Å². The molecule has 1 aliphatic heterocycles. The van der Waals surface area contributed by atoms with E-state index in [2.05, 4.69) is 30.6 Å². The van der Waals surface area contributed by atoms with Gasteiger partial charge in [-0.2, -0.15) is 5.10 Å². The summed E-state index contributed by atoms with van der Waals surface area (Å²) >= 11 is 1.69. The lowest BCUT2D eigenvalue weighted by Gasteiger charge is -2.34. The molecule has 1 saturated heterocycles. The molecule has 0 atom stereocenters. The van der Waals surface area contributed by atoms with Gasteiger partial charge in [0.15, 0.2) is 5.13 Å². The number of nitrogens with one attached hydrogen (secondary N) is 1. The van der Waals surface area contributed by atoms with Crippen molar-refractivity contribution < 1.29 is 4.79 Å². The lowest BCUT2D eigenvalue weighted by Crippen LogP contribution is -2.49. The summed E-state index contributed by atoms with van der Waals surface area (Å²) in [7, 11) is 0. The number of aryl methyl sites for hydroxylation is 2. The van der Waals surface area contributed by atoms with Crippen LogP contribution in [0.2, 0.25) is 0 Å². The summed E-state index contributed by atoms with van der Waals surface area (Å²) in [6.07, 6.45) is 4.60. The minimum absolute atomic E-state index is 0.106. The largest absolute Gasteiger partial charge is 0.355 e. The highest BCUT2D eigenvalue weighted by molar-refractivity contribution is 7.13. The smallest absolute Gasteiger partial charge is 0.234 e. The van der Waals surface area contributed by atoms with E-state index in [0.717, 1.165) is 50.0 Å². The van der Waals surface area contributed by atoms with Crippen LogP contribution < -0.4 is 10.2 Å². The Morgan fingerprint density at radius 1 is 1.33 bits per heavy atom. The number of thiazole rings is 1. The number of hydrogen-bond acceptors (Lipinski definition) is 6. The molecule has 0 unspecified atom stereocenters. The first-order valence-corrected chi connectivity index (χ1v) is 9.22. The van der Waals surface area contributed by atoms with Crippen molar-refractivity contribution in [3.8, 4) is 0 Å². The van der Waals surface area contributed by atoms with Gasteiger partial charge in [-0.05, 0) is 19.4 Å². The van der Waals surface area contributed by atoms with E-state index in [0.29, 0.717) is 13.1 Å². The number of anilines is 1. The number of aromatic nitrogens is 3. The SMILES string of the molecule is Cc1csc(N2CCN(CC(=O)NCCCn3cccn3)CC2)n1. The number of rotatable bonds is 7. The Hall–Kier alpha value is -1.93. The average molecular weight is 348 g/mol. The van der Waals surface area contributed by atoms with Crippen molar-refractivity contribution in [2.75, 3.05) is 44.2 Å². The zero-order valence-electron chi connectivity index (χ0n) is 14.0. The molecule has 7 nitrogen and oxygen atoms in total. The third-order valence-corrected chi connectivity index (χ3v) is 5.08.